The summed E-state index contributed by atoms with van der Waals surface area (Å²) in [6.07, 6.45) is 1.36. The molecule has 10 heteroatoms. The number of nitrogens with one attached hydrogen (secondary N) is 2. The van der Waals surface area contributed by atoms with Crippen LogP contribution < -0.4 is 15.0 Å². The average Bonchev–Trinajstić information content (AvgIpc) is 3.66. The minimum absolute atomic E-state index is 0.0638. The number of likely N-dealkylation sites (N-methyl/N-ethyl adjacent to an activating group) is 1. The molecule has 2 N–H and O–H groups in total. The zero-order valence-corrected chi connectivity index (χ0v) is 24.4. The zero-order valence-electron chi connectivity index (χ0n) is 24.4. The predicted molar refractivity (Wildman–Crippen MR) is 166 cm³/mol. The lowest BCUT2D eigenvalue weighted by atomic mass is 10.1. The van der Waals surface area contributed by atoms with Gasteiger partial charge in [0, 0.05) is 29.7 Å². The highest BCUT2D eigenvalue weighted by Crippen LogP contribution is 2.25. The molecule has 0 unspecified atom stereocenters. The van der Waals surface area contributed by atoms with E-state index in [1.165, 1.54) is 58.5 Å². The largest absolute Gasteiger partial charge is 0.457 e. The molecule has 45 heavy (non-hydrogen) atoms. The van der Waals surface area contributed by atoms with Crippen LogP contribution in [0.5, 0.6) is 11.5 Å². The van der Waals surface area contributed by atoms with Crippen molar-refractivity contribution in [3.8, 4) is 11.5 Å². The number of hydrogen-bond donors (Lipinski definition) is 2. The van der Waals surface area contributed by atoms with Crippen molar-refractivity contribution in [2.75, 3.05) is 25.0 Å². The third-order valence-electron chi connectivity index (χ3n) is 7.85. The van der Waals surface area contributed by atoms with Crippen molar-refractivity contribution < 1.29 is 27.9 Å². The first-order valence-corrected chi connectivity index (χ1v) is 14.5. The molecule has 3 amide bonds. The number of carbonyl (C=O) groups is 3. The number of aromatic nitrogens is 1. The number of hydrogen-bond acceptors (Lipinski definition) is 4. The molecule has 0 spiro atoms. The summed E-state index contributed by atoms with van der Waals surface area (Å²) in [5, 5.41) is 3.24. The fourth-order valence-corrected chi connectivity index (χ4v) is 5.50. The van der Waals surface area contributed by atoms with Crippen molar-refractivity contribution in [2.24, 2.45) is 0 Å². The summed E-state index contributed by atoms with van der Waals surface area (Å²) in [6, 6.07) is 26.0. The Kier molecular flexibility index (Phi) is 8.28. The Morgan fingerprint density at radius 2 is 1.49 bits per heavy atom. The number of anilines is 1. The second-order valence-corrected chi connectivity index (χ2v) is 11.0. The van der Waals surface area contributed by atoms with Crippen molar-refractivity contribution in [2.45, 2.75) is 18.9 Å². The molecule has 228 valence electrons. The molecule has 0 aliphatic heterocycles. The topological polar surface area (TPSA) is 94.7 Å². The number of aromatic amines is 1. The van der Waals surface area contributed by atoms with Gasteiger partial charge in [-0.25, -0.2) is 8.78 Å². The van der Waals surface area contributed by atoms with Gasteiger partial charge in [0.25, 0.3) is 5.91 Å². The van der Waals surface area contributed by atoms with Gasteiger partial charge < -0.3 is 24.8 Å². The SMILES string of the molecule is CN(C(=O)CN(CC(=O)NC1Cc2ccccc2C1)C(=O)c1cc2c(F)cccc2[nH]1)c1ccc(Oc2ccc(F)cc2)cc1. The van der Waals surface area contributed by atoms with E-state index in [1.807, 2.05) is 24.3 Å². The quantitative estimate of drug-likeness (QED) is 0.227. The predicted octanol–water partition coefficient (Wildman–Crippen LogP) is 5.63. The van der Waals surface area contributed by atoms with Crippen LogP contribution in [-0.4, -0.2) is 53.8 Å². The van der Waals surface area contributed by atoms with Gasteiger partial charge in [-0.1, -0.05) is 30.3 Å². The summed E-state index contributed by atoms with van der Waals surface area (Å²) in [5.74, 6) is -1.38. The molecule has 1 aliphatic carbocycles. The lowest BCUT2D eigenvalue weighted by Gasteiger charge is -2.25. The smallest absolute Gasteiger partial charge is 0.271 e. The molecule has 8 nitrogen and oxygen atoms in total. The number of H-pyrrole nitrogens is 1. The van der Waals surface area contributed by atoms with Gasteiger partial charge in [0.05, 0.1) is 0 Å². The summed E-state index contributed by atoms with van der Waals surface area (Å²) in [6.45, 7) is -0.771. The van der Waals surface area contributed by atoms with E-state index in [1.54, 1.807) is 37.4 Å². The van der Waals surface area contributed by atoms with Crippen molar-refractivity contribution in [1.82, 2.24) is 15.2 Å². The monoisotopic (exact) mass is 608 g/mol. The third-order valence-corrected chi connectivity index (χ3v) is 7.85. The second-order valence-electron chi connectivity index (χ2n) is 11.0. The van der Waals surface area contributed by atoms with Gasteiger partial charge in [-0.2, -0.15) is 0 Å². The highest BCUT2D eigenvalue weighted by molar-refractivity contribution is 6.03. The third kappa shape index (κ3) is 6.70. The Bertz CT molecular complexity index is 1850. The van der Waals surface area contributed by atoms with Crippen molar-refractivity contribution in [3.63, 3.8) is 0 Å². The van der Waals surface area contributed by atoms with Crippen molar-refractivity contribution >= 4 is 34.3 Å². The maximum absolute atomic E-state index is 14.4. The van der Waals surface area contributed by atoms with E-state index in [-0.39, 0.29) is 29.5 Å². The lowest BCUT2D eigenvalue weighted by molar-refractivity contribution is -0.123. The molecular weight excluding hydrogens is 578 g/mol. The fraction of sp³-hybridized carbons (Fsp3) is 0.171. The summed E-state index contributed by atoms with van der Waals surface area (Å²) < 4.78 is 33.3. The van der Waals surface area contributed by atoms with Gasteiger partial charge in [-0.05, 0) is 90.7 Å². The minimum atomic E-state index is -0.611. The molecule has 0 bridgehead atoms. The number of halogens is 2. The minimum Gasteiger partial charge on any atom is -0.457 e. The molecule has 1 aliphatic rings. The molecule has 4 aromatic carbocycles. The Hall–Kier alpha value is -5.51. The second kappa shape index (κ2) is 12.6. The molecule has 0 saturated carbocycles. The Morgan fingerprint density at radius 1 is 0.844 bits per heavy atom. The first-order chi connectivity index (χ1) is 21.7. The van der Waals surface area contributed by atoms with Crippen LogP contribution in [0.3, 0.4) is 0 Å². The summed E-state index contributed by atoms with van der Waals surface area (Å²) in [7, 11) is 1.56. The Balaban J connectivity index is 1.17. The van der Waals surface area contributed by atoms with Crippen LogP contribution >= 0.6 is 0 Å². The van der Waals surface area contributed by atoms with E-state index in [0.29, 0.717) is 35.5 Å². The lowest BCUT2D eigenvalue weighted by Crippen LogP contribution is -2.48. The number of nitrogens with zero attached hydrogens (tertiary/aromatic N) is 2. The van der Waals surface area contributed by atoms with E-state index in [2.05, 4.69) is 10.3 Å². The highest BCUT2D eigenvalue weighted by atomic mass is 19.1. The molecule has 0 saturated heterocycles. The van der Waals surface area contributed by atoms with Gasteiger partial charge >= 0.3 is 0 Å². The van der Waals surface area contributed by atoms with Crippen molar-refractivity contribution in [1.29, 1.82) is 0 Å². The molecule has 1 aromatic heterocycles. The van der Waals surface area contributed by atoms with E-state index in [4.69, 9.17) is 4.74 Å². The Morgan fingerprint density at radius 3 is 2.13 bits per heavy atom. The number of carbonyl (C=O) groups excluding carboxylic acids is 3. The molecule has 6 rings (SSSR count). The molecule has 0 radical (unpaired) electrons. The number of rotatable bonds is 9. The zero-order chi connectivity index (χ0) is 31.5. The average molecular weight is 609 g/mol. The summed E-state index contributed by atoms with van der Waals surface area (Å²) in [5.41, 5.74) is 3.36. The number of amides is 3. The maximum atomic E-state index is 14.4. The normalized spacial score (nSPS) is 12.5. The number of benzene rings is 4. The van der Waals surface area contributed by atoms with Gasteiger partial charge in [0.1, 0.15) is 41.9 Å². The molecular formula is C35H30F2N4O4. The van der Waals surface area contributed by atoms with Gasteiger partial charge in [0.15, 0.2) is 0 Å². The van der Waals surface area contributed by atoms with E-state index in [0.717, 1.165) is 4.90 Å². The number of ether oxygens (including phenoxy) is 1. The van der Waals surface area contributed by atoms with Crippen LogP contribution in [0.1, 0.15) is 21.6 Å². The summed E-state index contributed by atoms with van der Waals surface area (Å²) in [4.78, 5) is 45.8. The highest BCUT2D eigenvalue weighted by Gasteiger charge is 2.28. The molecule has 0 atom stereocenters. The fourth-order valence-electron chi connectivity index (χ4n) is 5.50. The maximum Gasteiger partial charge on any atom is 0.271 e. The van der Waals surface area contributed by atoms with E-state index < -0.39 is 30.1 Å². The van der Waals surface area contributed by atoms with Crippen LogP contribution in [0.4, 0.5) is 14.5 Å². The van der Waals surface area contributed by atoms with Crippen molar-refractivity contribution in [3.05, 3.63) is 126 Å². The molecule has 1 heterocycles. The summed E-state index contributed by atoms with van der Waals surface area (Å²) >= 11 is 0. The molecule has 0 fully saturated rings. The van der Waals surface area contributed by atoms with E-state index in [9.17, 15) is 23.2 Å². The first kappa shape index (κ1) is 29.6. The Labute approximate surface area is 258 Å². The van der Waals surface area contributed by atoms with Crippen LogP contribution in [0, 0.1) is 11.6 Å². The van der Waals surface area contributed by atoms with Gasteiger partial charge in [0.2, 0.25) is 11.8 Å². The van der Waals surface area contributed by atoms with Crippen LogP contribution in [0.15, 0.2) is 97.1 Å². The van der Waals surface area contributed by atoms with Crippen LogP contribution in [0.2, 0.25) is 0 Å². The van der Waals surface area contributed by atoms with E-state index >= 15 is 0 Å². The number of fused-ring (bicyclic) bond motifs is 2. The molecule has 5 aromatic rings. The van der Waals surface area contributed by atoms with Crippen LogP contribution in [0.25, 0.3) is 10.9 Å². The first-order valence-electron chi connectivity index (χ1n) is 14.5. The van der Waals surface area contributed by atoms with Gasteiger partial charge in [-0.3, -0.25) is 14.4 Å². The van der Waals surface area contributed by atoms with Crippen LogP contribution in [-0.2, 0) is 22.4 Å². The van der Waals surface area contributed by atoms with Gasteiger partial charge in [-0.15, -0.1) is 0 Å². The standard InChI is InChI=1S/C35H30F2N4O4/c1-40(26-11-15-28(16-12-26)45-27-13-9-24(36)10-14-27)34(43)21-41(35(44)32-19-29-30(37)7-4-8-31(29)39-32)20-33(42)38-25-17-22-5-2-3-6-23(22)18-25/h2-16,19,25,39H,17-18,20-21H2,1H3,(H,38,42).